The van der Waals surface area contributed by atoms with Crippen molar-refractivity contribution >= 4 is 21.6 Å². The average Bonchev–Trinajstić information content (AvgIpc) is 2.98. The molecule has 112 valence electrons. The van der Waals surface area contributed by atoms with E-state index >= 15 is 0 Å². The van der Waals surface area contributed by atoms with E-state index in [4.69, 9.17) is 0 Å². The van der Waals surface area contributed by atoms with E-state index in [1.165, 1.54) is 23.6 Å². The second-order valence-electron chi connectivity index (χ2n) is 4.97. The number of nitrogens with zero attached hydrogens (tertiary/aromatic N) is 5. The van der Waals surface area contributed by atoms with E-state index in [2.05, 4.69) is 24.9 Å². The molecule has 4 rings (SSSR count). The number of rotatable bonds is 2. The molecule has 0 radical (unpaired) electrons. The molecule has 0 unspecified atom stereocenters. The molecule has 0 atom stereocenters. The molecule has 0 bridgehead atoms. The Morgan fingerprint density at radius 3 is 2.78 bits per heavy atom. The fourth-order valence-electron chi connectivity index (χ4n) is 2.18. The van der Waals surface area contributed by atoms with Crippen LogP contribution in [-0.2, 0) is 0 Å². The summed E-state index contributed by atoms with van der Waals surface area (Å²) in [6.07, 6.45) is 6.16. The standard InChI is InChI=1S/C16H10FN5S/c1-9-2-3-19-15(21-9)12-5-14-13(8-20-12)22-16(23-14)10-4-11(17)7-18-6-10/h2-8H,1H3. The van der Waals surface area contributed by atoms with Gasteiger partial charge in [-0.3, -0.25) is 9.97 Å². The van der Waals surface area contributed by atoms with Gasteiger partial charge in [-0.05, 0) is 25.1 Å². The van der Waals surface area contributed by atoms with E-state index < -0.39 is 0 Å². The van der Waals surface area contributed by atoms with Gasteiger partial charge in [0, 0.05) is 23.7 Å². The second-order valence-corrected chi connectivity index (χ2v) is 6.00. The van der Waals surface area contributed by atoms with Gasteiger partial charge in [0.05, 0.1) is 17.1 Å². The largest absolute Gasteiger partial charge is 0.261 e. The van der Waals surface area contributed by atoms with E-state index in [-0.39, 0.29) is 5.82 Å². The molecule has 0 aliphatic carbocycles. The highest BCUT2D eigenvalue weighted by Gasteiger charge is 2.11. The minimum Gasteiger partial charge on any atom is -0.261 e. The van der Waals surface area contributed by atoms with Gasteiger partial charge < -0.3 is 0 Å². The van der Waals surface area contributed by atoms with Crippen LogP contribution in [0.3, 0.4) is 0 Å². The third-order valence-corrected chi connectivity index (χ3v) is 4.32. The molecule has 0 aliphatic rings. The van der Waals surface area contributed by atoms with Gasteiger partial charge in [-0.25, -0.2) is 19.3 Å². The summed E-state index contributed by atoms with van der Waals surface area (Å²) in [7, 11) is 0. The number of aryl methyl sites for hydroxylation is 1. The lowest BCUT2D eigenvalue weighted by atomic mass is 10.3. The number of hydrogen-bond acceptors (Lipinski definition) is 6. The predicted octanol–water partition coefficient (Wildman–Crippen LogP) is 3.66. The van der Waals surface area contributed by atoms with Crippen LogP contribution in [0.15, 0.2) is 43.0 Å². The molecule has 4 heterocycles. The molecule has 0 N–H and O–H groups in total. The quantitative estimate of drug-likeness (QED) is 0.563. The van der Waals surface area contributed by atoms with E-state index in [1.54, 1.807) is 18.6 Å². The summed E-state index contributed by atoms with van der Waals surface area (Å²) in [4.78, 5) is 21.3. The minimum absolute atomic E-state index is 0.381. The van der Waals surface area contributed by atoms with Crippen LogP contribution in [-0.4, -0.2) is 24.9 Å². The highest BCUT2D eigenvalue weighted by atomic mass is 32.1. The van der Waals surface area contributed by atoms with Gasteiger partial charge in [0.25, 0.3) is 0 Å². The van der Waals surface area contributed by atoms with Crippen molar-refractivity contribution in [3.05, 3.63) is 54.5 Å². The van der Waals surface area contributed by atoms with Crippen LogP contribution in [0.4, 0.5) is 4.39 Å². The van der Waals surface area contributed by atoms with Crippen molar-refractivity contribution in [1.29, 1.82) is 0 Å². The number of thiazole rings is 1. The number of fused-ring (bicyclic) bond motifs is 1. The Kier molecular flexibility index (Phi) is 3.27. The molecule has 0 amide bonds. The smallest absolute Gasteiger partial charge is 0.178 e. The van der Waals surface area contributed by atoms with Crippen molar-refractivity contribution < 1.29 is 4.39 Å². The Morgan fingerprint density at radius 2 is 1.96 bits per heavy atom. The van der Waals surface area contributed by atoms with Gasteiger partial charge in [-0.15, -0.1) is 11.3 Å². The summed E-state index contributed by atoms with van der Waals surface area (Å²) < 4.78 is 14.3. The molecular weight excluding hydrogens is 313 g/mol. The molecule has 0 saturated carbocycles. The summed E-state index contributed by atoms with van der Waals surface area (Å²) >= 11 is 1.46. The maximum Gasteiger partial charge on any atom is 0.178 e. The summed E-state index contributed by atoms with van der Waals surface area (Å²) in [5.74, 6) is 0.197. The summed E-state index contributed by atoms with van der Waals surface area (Å²) in [6, 6.07) is 5.16. The van der Waals surface area contributed by atoms with Crippen LogP contribution in [0.2, 0.25) is 0 Å². The van der Waals surface area contributed by atoms with Crippen LogP contribution in [0.5, 0.6) is 0 Å². The molecule has 0 aromatic carbocycles. The molecule has 23 heavy (non-hydrogen) atoms. The Bertz CT molecular complexity index is 971. The third-order valence-electron chi connectivity index (χ3n) is 3.25. The summed E-state index contributed by atoms with van der Waals surface area (Å²) in [5.41, 5.74) is 2.98. The average molecular weight is 323 g/mol. The van der Waals surface area contributed by atoms with Gasteiger partial charge in [0.15, 0.2) is 5.82 Å². The minimum atomic E-state index is -0.381. The molecule has 4 aromatic rings. The molecule has 7 heteroatoms. The Morgan fingerprint density at radius 1 is 1.04 bits per heavy atom. The molecule has 0 aliphatic heterocycles. The number of pyridine rings is 2. The number of aromatic nitrogens is 5. The third kappa shape index (κ3) is 2.66. The zero-order chi connectivity index (χ0) is 15.8. The number of hydrogen-bond donors (Lipinski definition) is 0. The van der Waals surface area contributed by atoms with Crippen molar-refractivity contribution in [3.63, 3.8) is 0 Å². The fourth-order valence-corrected chi connectivity index (χ4v) is 3.13. The monoisotopic (exact) mass is 323 g/mol. The van der Waals surface area contributed by atoms with Crippen molar-refractivity contribution in [2.75, 3.05) is 0 Å². The lowest BCUT2D eigenvalue weighted by molar-refractivity contribution is 0.622. The first-order valence-corrected chi connectivity index (χ1v) is 7.68. The lowest BCUT2D eigenvalue weighted by Crippen LogP contribution is -1.92. The molecule has 0 saturated heterocycles. The Labute approximate surface area is 134 Å². The molecular formula is C16H10FN5S. The predicted molar refractivity (Wildman–Crippen MR) is 86.4 cm³/mol. The Balaban J connectivity index is 1.81. The maximum atomic E-state index is 13.3. The van der Waals surface area contributed by atoms with Crippen LogP contribution < -0.4 is 0 Å². The first-order valence-electron chi connectivity index (χ1n) is 6.86. The van der Waals surface area contributed by atoms with E-state index in [1.807, 2.05) is 19.1 Å². The van der Waals surface area contributed by atoms with Gasteiger partial charge in [-0.1, -0.05) is 0 Å². The van der Waals surface area contributed by atoms with Gasteiger partial charge >= 0.3 is 0 Å². The van der Waals surface area contributed by atoms with Gasteiger partial charge in [0.2, 0.25) is 0 Å². The second kappa shape index (κ2) is 5.44. The van der Waals surface area contributed by atoms with Crippen molar-refractivity contribution in [1.82, 2.24) is 24.9 Å². The fraction of sp³-hybridized carbons (Fsp3) is 0.0625. The summed E-state index contributed by atoms with van der Waals surface area (Å²) in [6.45, 7) is 1.91. The first-order chi connectivity index (χ1) is 11.2. The lowest BCUT2D eigenvalue weighted by Gasteiger charge is -1.99. The van der Waals surface area contributed by atoms with Crippen LogP contribution in [0.25, 0.3) is 32.3 Å². The van der Waals surface area contributed by atoms with Crippen LogP contribution in [0.1, 0.15) is 5.69 Å². The molecule has 4 aromatic heterocycles. The normalized spacial score (nSPS) is 11.0. The van der Waals surface area contributed by atoms with Crippen molar-refractivity contribution in [2.45, 2.75) is 6.92 Å². The molecule has 0 fully saturated rings. The van der Waals surface area contributed by atoms with Crippen LogP contribution in [0, 0.1) is 12.7 Å². The van der Waals surface area contributed by atoms with Gasteiger partial charge in [-0.2, -0.15) is 0 Å². The zero-order valence-electron chi connectivity index (χ0n) is 12.1. The van der Waals surface area contributed by atoms with Gasteiger partial charge in [0.1, 0.15) is 22.0 Å². The maximum absolute atomic E-state index is 13.3. The topological polar surface area (TPSA) is 64.5 Å². The van der Waals surface area contributed by atoms with Crippen LogP contribution >= 0.6 is 11.3 Å². The Hall–Kier alpha value is -2.80. The highest BCUT2D eigenvalue weighted by Crippen LogP contribution is 2.31. The van der Waals surface area contributed by atoms with Crippen molar-refractivity contribution in [2.24, 2.45) is 0 Å². The summed E-state index contributed by atoms with van der Waals surface area (Å²) in [5, 5.41) is 0.705. The highest BCUT2D eigenvalue weighted by molar-refractivity contribution is 7.21. The number of halogens is 1. The van der Waals surface area contributed by atoms with E-state index in [0.717, 1.165) is 15.9 Å². The zero-order valence-corrected chi connectivity index (χ0v) is 12.9. The van der Waals surface area contributed by atoms with Crippen molar-refractivity contribution in [3.8, 4) is 22.1 Å². The SMILES string of the molecule is Cc1ccnc(-c2cc3sc(-c4cncc(F)c4)nc3cn2)n1. The first kappa shape index (κ1) is 13.8. The van der Waals surface area contributed by atoms with E-state index in [0.29, 0.717) is 22.1 Å². The van der Waals surface area contributed by atoms with E-state index in [9.17, 15) is 4.39 Å². The molecule has 0 spiro atoms. The molecule has 5 nitrogen and oxygen atoms in total.